The molecule has 0 unspecified atom stereocenters. The molecule has 1 aromatic carbocycles. The lowest BCUT2D eigenvalue weighted by Crippen LogP contribution is -2.28. The molecule has 7 nitrogen and oxygen atoms in total. The van der Waals surface area contributed by atoms with Crippen molar-refractivity contribution in [3.8, 4) is 5.69 Å². The summed E-state index contributed by atoms with van der Waals surface area (Å²) in [5.74, 6) is 0. The maximum absolute atomic E-state index is 12.1. The van der Waals surface area contributed by atoms with Crippen molar-refractivity contribution in [3.05, 3.63) is 72.3 Å². The van der Waals surface area contributed by atoms with Gasteiger partial charge in [0.25, 0.3) is 0 Å². The van der Waals surface area contributed by atoms with Gasteiger partial charge in [0.05, 0.1) is 23.6 Å². The fraction of sp³-hybridized carbons (Fsp3) is 0.105. The number of aryl methyl sites for hydroxylation is 1. The zero-order valence-electron chi connectivity index (χ0n) is 14.2. The number of amides is 2. The summed E-state index contributed by atoms with van der Waals surface area (Å²) >= 11 is 0. The summed E-state index contributed by atoms with van der Waals surface area (Å²) in [5, 5.41) is 11.0. The highest BCUT2D eigenvalue weighted by Gasteiger charge is 2.05. The van der Waals surface area contributed by atoms with Gasteiger partial charge >= 0.3 is 6.03 Å². The Labute approximate surface area is 150 Å². The van der Waals surface area contributed by atoms with Crippen LogP contribution in [0.15, 0.2) is 60.9 Å². The first-order chi connectivity index (χ1) is 12.7. The molecule has 0 aliphatic heterocycles. The van der Waals surface area contributed by atoms with Gasteiger partial charge < -0.3 is 15.6 Å². The van der Waals surface area contributed by atoms with E-state index in [1.54, 1.807) is 4.68 Å². The van der Waals surface area contributed by atoms with Gasteiger partial charge in [-0.15, -0.1) is 0 Å². The summed E-state index contributed by atoms with van der Waals surface area (Å²) in [5.41, 5.74) is 4.21. The highest BCUT2D eigenvalue weighted by atomic mass is 16.2. The van der Waals surface area contributed by atoms with Gasteiger partial charge in [0.2, 0.25) is 0 Å². The molecule has 3 aromatic heterocycles. The molecule has 3 N–H and O–H groups in total. The van der Waals surface area contributed by atoms with Crippen LogP contribution >= 0.6 is 0 Å². The SMILES string of the molecule is Cc1ccn(-c2ccc(NC(=O)NCc3ccc4cc[nH]c4n3)cc2)n1. The minimum atomic E-state index is -0.277. The van der Waals surface area contributed by atoms with E-state index in [4.69, 9.17) is 0 Å². The summed E-state index contributed by atoms with van der Waals surface area (Å²) in [7, 11) is 0. The largest absolute Gasteiger partial charge is 0.346 e. The first kappa shape index (κ1) is 15.9. The van der Waals surface area contributed by atoms with Crippen LogP contribution in [0.5, 0.6) is 0 Å². The Kier molecular flexibility index (Phi) is 4.10. The third-order valence-electron chi connectivity index (χ3n) is 4.01. The molecule has 4 rings (SSSR count). The second kappa shape index (κ2) is 6.72. The number of anilines is 1. The molecule has 7 heteroatoms. The third-order valence-corrected chi connectivity index (χ3v) is 4.01. The van der Waals surface area contributed by atoms with Crippen molar-refractivity contribution in [1.29, 1.82) is 0 Å². The van der Waals surface area contributed by atoms with Crippen molar-refractivity contribution in [2.75, 3.05) is 5.32 Å². The van der Waals surface area contributed by atoms with Gasteiger partial charge in [-0.1, -0.05) is 0 Å². The van der Waals surface area contributed by atoms with Crippen LogP contribution in [-0.2, 0) is 6.54 Å². The molecule has 2 amide bonds. The monoisotopic (exact) mass is 346 g/mol. The van der Waals surface area contributed by atoms with Gasteiger partial charge in [-0.2, -0.15) is 5.10 Å². The first-order valence-corrected chi connectivity index (χ1v) is 8.28. The molecule has 0 fully saturated rings. The highest BCUT2D eigenvalue weighted by molar-refractivity contribution is 5.89. The zero-order chi connectivity index (χ0) is 17.9. The van der Waals surface area contributed by atoms with E-state index in [0.29, 0.717) is 12.2 Å². The molecule has 0 saturated heterocycles. The maximum Gasteiger partial charge on any atom is 0.319 e. The number of benzene rings is 1. The topological polar surface area (TPSA) is 87.6 Å². The molecule has 0 aliphatic rings. The molecule has 0 radical (unpaired) electrons. The number of nitrogens with zero attached hydrogens (tertiary/aromatic N) is 3. The highest BCUT2D eigenvalue weighted by Crippen LogP contribution is 2.13. The summed E-state index contributed by atoms with van der Waals surface area (Å²) in [6.07, 6.45) is 3.74. The number of fused-ring (bicyclic) bond motifs is 1. The van der Waals surface area contributed by atoms with Gasteiger partial charge in [0.15, 0.2) is 0 Å². The first-order valence-electron chi connectivity index (χ1n) is 8.28. The lowest BCUT2D eigenvalue weighted by Gasteiger charge is -2.08. The molecule has 26 heavy (non-hydrogen) atoms. The molecule has 0 saturated carbocycles. The van der Waals surface area contributed by atoms with Crippen LogP contribution in [0.1, 0.15) is 11.4 Å². The van der Waals surface area contributed by atoms with Crippen molar-refractivity contribution in [2.24, 2.45) is 0 Å². The Morgan fingerprint density at radius 1 is 1.12 bits per heavy atom. The van der Waals surface area contributed by atoms with Crippen LogP contribution in [0, 0.1) is 6.92 Å². The van der Waals surface area contributed by atoms with E-state index in [-0.39, 0.29) is 6.03 Å². The average Bonchev–Trinajstić information content (AvgIpc) is 3.29. The quantitative estimate of drug-likeness (QED) is 0.529. The van der Waals surface area contributed by atoms with Crippen molar-refractivity contribution in [1.82, 2.24) is 25.1 Å². The second-order valence-electron chi connectivity index (χ2n) is 5.97. The van der Waals surface area contributed by atoms with E-state index in [1.165, 1.54) is 0 Å². The molecule has 0 spiro atoms. The standard InChI is InChI=1S/C19H18N6O/c1-13-9-11-25(24-13)17-6-4-15(5-7-17)23-19(26)21-12-16-3-2-14-8-10-20-18(14)22-16/h2-11H,12H2,1H3,(H,20,22)(H2,21,23,26). The van der Waals surface area contributed by atoms with Crippen LogP contribution in [0.25, 0.3) is 16.7 Å². The molecule has 3 heterocycles. The average molecular weight is 346 g/mol. The summed E-state index contributed by atoms with van der Waals surface area (Å²) < 4.78 is 1.79. The number of aromatic nitrogens is 4. The minimum Gasteiger partial charge on any atom is -0.346 e. The Hall–Kier alpha value is -3.61. The molecular weight excluding hydrogens is 328 g/mol. The molecule has 0 aliphatic carbocycles. The van der Waals surface area contributed by atoms with Crippen LogP contribution < -0.4 is 10.6 Å². The Balaban J connectivity index is 1.35. The minimum absolute atomic E-state index is 0.277. The van der Waals surface area contributed by atoms with E-state index >= 15 is 0 Å². The predicted molar refractivity (Wildman–Crippen MR) is 100 cm³/mol. The summed E-state index contributed by atoms with van der Waals surface area (Å²) in [6, 6.07) is 15.0. The van der Waals surface area contributed by atoms with Crippen molar-refractivity contribution < 1.29 is 4.79 Å². The van der Waals surface area contributed by atoms with Gasteiger partial charge in [-0.3, -0.25) is 0 Å². The van der Waals surface area contributed by atoms with Gasteiger partial charge in [0, 0.05) is 23.5 Å². The number of nitrogens with one attached hydrogen (secondary N) is 3. The third kappa shape index (κ3) is 3.41. The number of aromatic amines is 1. The van der Waals surface area contributed by atoms with Gasteiger partial charge in [-0.05, 0) is 55.5 Å². The fourth-order valence-corrected chi connectivity index (χ4v) is 2.67. The Morgan fingerprint density at radius 2 is 1.96 bits per heavy atom. The van der Waals surface area contributed by atoms with Crippen LogP contribution in [0.2, 0.25) is 0 Å². The predicted octanol–water partition coefficient (Wildman–Crippen LogP) is 3.38. The molecule has 0 bridgehead atoms. The smallest absolute Gasteiger partial charge is 0.319 e. The molecule has 130 valence electrons. The van der Waals surface area contributed by atoms with Gasteiger partial charge in [-0.25, -0.2) is 14.5 Å². The number of pyridine rings is 1. The lowest BCUT2D eigenvalue weighted by molar-refractivity contribution is 0.251. The van der Waals surface area contributed by atoms with Gasteiger partial charge in [0.1, 0.15) is 5.65 Å². The van der Waals surface area contributed by atoms with Crippen molar-refractivity contribution >= 4 is 22.8 Å². The van der Waals surface area contributed by atoms with E-state index in [2.05, 4.69) is 25.7 Å². The van der Waals surface area contributed by atoms with E-state index in [9.17, 15) is 4.79 Å². The van der Waals surface area contributed by atoms with Crippen LogP contribution in [0.3, 0.4) is 0 Å². The lowest BCUT2D eigenvalue weighted by atomic mass is 10.3. The number of urea groups is 1. The Bertz CT molecular complexity index is 1050. The van der Waals surface area contributed by atoms with Crippen LogP contribution in [-0.4, -0.2) is 25.8 Å². The number of carbonyl (C=O) groups excluding carboxylic acids is 1. The van der Waals surface area contributed by atoms with E-state index in [1.807, 2.05) is 67.8 Å². The normalized spacial score (nSPS) is 10.8. The number of hydrogen-bond donors (Lipinski definition) is 3. The molecule has 0 atom stereocenters. The maximum atomic E-state index is 12.1. The van der Waals surface area contributed by atoms with Crippen LogP contribution in [0.4, 0.5) is 10.5 Å². The van der Waals surface area contributed by atoms with E-state index < -0.39 is 0 Å². The zero-order valence-corrected chi connectivity index (χ0v) is 14.2. The fourth-order valence-electron chi connectivity index (χ4n) is 2.67. The second-order valence-corrected chi connectivity index (χ2v) is 5.97. The number of H-pyrrole nitrogens is 1. The molecule has 4 aromatic rings. The number of hydrogen-bond acceptors (Lipinski definition) is 3. The van der Waals surface area contributed by atoms with Crippen molar-refractivity contribution in [3.63, 3.8) is 0 Å². The molecular formula is C19H18N6O. The Morgan fingerprint density at radius 3 is 2.73 bits per heavy atom. The van der Waals surface area contributed by atoms with Crippen molar-refractivity contribution in [2.45, 2.75) is 13.5 Å². The van der Waals surface area contributed by atoms with E-state index in [0.717, 1.165) is 28.1 Å². The number of rotatable bonds is 4. The summed E-state index contributed by atoms with van der Waals surface area (Å²) in [6.45, 7) is 2.30. The summed E-state index contributed by atoms with van der Waals surface area (Å²) in [4.78, 5) is 19.6. The number of carbonyl (C=O) groups is 1.